The van der Waals surface area contributed by atoms with Gasteiger partial charge in [-0.05, 0) is 41.8 Å². The molecule has 0 N–H and O–H groups in total. The lowest BCUT2D eigenvalue weighted by molar-refractivity contribution is 0.568. The van der Waals surface area contributed by atoms with Crippen molar-refractivity contribution in [3.05, 3.63) is 40.7 Å². The second-order valence-electron chi connectivity index (χ2n) is 5.24. The first kappa shape index (κ1) is 14.5. The highest BCUT2D eigenvalue weighted by molar-refractivity contribution is 7.90. The van der Waals surface area contributed by atoms with Crippen molar-refractivity contribution < 1.29 is 8.42 Å². The zero-order valence-electron chi connectivity index (χ0n) is 11.5. The number of sulfone groups is 1. The average molecular weight is 327 g/mol. The van der Waals surface area contributed by atoms with E-state index in [-0.39, 0.29) is 11.8 Å². The van der Waals surface area contributed by atoms with E-state index < -0.39 is 15.1 Å². The van der Waals surface area contributed by atoms with Crippen LogP contribution < -0.4 is 0 Å². The molecule has 21 heavy (non-hydrogen) atoms. The molecule has 0 unspecified atom stereocenters. The maximum absolute atomic E-state index is 12.6. The summed E-state index contributed by atoms with van der Waals surface area (Å²) in [7, 11) is -3.43. The fourth-order valence-corrected chi connectivity index (χ4v) is 3.97. The van der Waals surface area contributed by atoms with Crippen molar-refractivity contribution in [2.45, 2.75) is 36.8 Å². The van der Waals surface area contributed by atoms with E-state index in [2.05, 4.69) is 15.5 Å². The Hall–Kier alpha value is -1.47. The summed E-state index contributed by atoms with van der Waals surface area (Å²) in [5.41, 5.74) is 0.601. The number of hydrogen-bond acceptors (Lipinski definition) is 5. The van der Waals surface area contributed by atoms with Crippen LogP contribution in [0.15, 0.2) is 24.3 Å². The van der Waals surface area contributed by atoms with Gasteiger partial charge in [0.15, 0.2) is 15.7 Å². The van der Waals surface area contributed by atoms with E-state index in [0.717, 1.165) is 12.8 Å². The van der Waals surface area contributed by atoms with Crippen LogP contribution in [0, 0.1) is 0 Å². The molecular weight excluding hydrogens is 312 g/mol. The molecule has 112 valence electrons. The van der Waals surface area contributed by atoms with E-state index in [1.165, 1.54) is 0 Å². The summed E-state index contributed by atoms with van der Waals surface area (Å²) in [6, 6.07) is 7.23. The van der Waals surface area contributed by atoms with Crippen LogP contribution in [-0.4, -0.2) is 28.6 Å². The lowest BCUT2D eigenvalue weighted by Gasteiger charge is -2.14. The largest absolute Gasteiger partial charge is 0.228 e. The van der Waals surface area contributed by atoms with Crippen LogP contribution in [0.5, 0.6) is 0 Å². The zero-order valence-corrected chi connectivity index (χ0v) is 13.0. The molecule has 1 aliphatic carbocycles. The summed E-state index contributed by atoms with van der Waals surface area (Å²) in [4.78, 5) is 0. The van der Waals surface area contributed by atoms with E-state index in [1.807, 2.05) is 0 Å². The molecule has 1 atom stereocenters. The Kier molecular flexibility index (Phi) is 3.71. The van der Waals surface area contributed by atoms with E-state index in [9.17, 15) is 8.42 Å². The minimum Gasteiger partial charge on any atom is -0.228 e. The van der Waals surface area contributed by atoms with Gasteiger partial charge < -0.3 is 0 Å². The van der Waals surface area contributed by atoms with Gasteiger partial charge in [0.05, 0.1) is 11.3 Å². The SMILES string of the molecule is C[C@@H](c1ccccc1Cl)S(=O)(=O)Cc1nnnn1C1CC1. The third-order valence-electron chi connectivity index (χ3n) is 3.67. The minimum atomic E-state index is -3.43. The van der Waals surface area contributed by atoms with Crippen LogP contribution in [0.25, 0.3) is 0 Å². The number of tetrazole rings is 1. The third kappa shape index (κ3) is 2.94. The molecule has 1 heterocycles. The van der Waals surface area contributed by atoms with E-state index >= 15 is 0 Å². The molecule has 0 saturated heterocycles. The topological polar surface area (TPSA) is 77.7 Å². The molecule has 1 aromatic carbocycles. The number of aromatic nitrogens is 4. The number of rotatable bonds is 5. The molecule has 3 rings (SSSR count). The van der Waals surface area contributed by atoms with Crippen molar-refractivity contribution in [1.29, 1.82) is 0 Å². The Bertz CT molecular complexity index is 755. The first-order valence-corrected chi connectivity index (χ1v) is 8.81. The van der Waals surface area contributed by atoms with Crippen molar-refractivity contribution in [3.63, 3.8) is 0 Å². The second-order valence-corrected chi connectivity index (χ2v) is 7.97. The van der Waals surface area contributed by atoms with Gasteiger partial charge in [-0.3, -0.25) is 0 Å². The molecule has 1 fully saturated rings. The van der Waals surface area contributed by atoms with Gasteiger partial charge in [-0.2, -0.15) is 0 Å². The van der Waals surface area contributed by atoms with Gasteiger partial charge in [0.1, 0.15) is 5.75 Å². The van der Waals surface area contributed by atoms with Gasteiger partial charge in [0, 0.05) is 5.02 Å². The first-order valence-electron chi connectivity index (χ1n) is 6.72. The first-order chi connectivity index (χ1) is 9.99. The predicted molar refractivity (Wildman–Crippen MR) is 78.6 cm³/mol. The van der Waals surface area contributed by atoms with Gasteiger partial charge in [-0.15, -0.1) is 5.10 Å². The molecule has 0 radical (unpaired) electrons. The quantitative estimate of drug-likeness (QED) is 0.842. The average Bonchev–Trinajstić information content (AvgIpc) is 3.19. The molecule has 0 spiro atoms. The normalized spacial score (nSPS) is 16.9. The van der Waals surface area contributed by atoms with Gasteiger partial charge in [0.2, 0.25) is 0 Å². The highest BCUT2D eigenvalue weighted by atomic mass is 35.5. The van der Waals surface area contributed by atoms with Crippen LogP contribution in [0.1, 0.15) is 42.4 Å². The Balaban J connectivity index is 1.86. The second kappa shape index (κ2) is 5.38. The third-order valence-corrected chi connectivity index (χ3v) is 6.00. The number of nitrogens with zero attached hydrogens (tertiary/aromatic N) is 4. The van der Waals surface area contributed by atoms with E-state index in [0.29, 0.717) is 16.4 Å². The summed E-state index contributed by atoms with van der Waals surface area (Å²) in [5, 5.41) is 11.1. The van der Waals surface area contributed by atoms with Crippen molar-refractivity contribution in [3.8, 4) is 0 Å². The van der Waals surface area contributed by atoms with Crippen LogP contribution >= 0.6 is 11.6 Å². The van der Waals surface area contributed by atoms with E-state index in [4.69, 9.17) is 11.6 Å². The standard InChI is InChI=1S/C13H15ClN4O2S/c1-9(11-4-2-3-5-12(11)14)21(19,20)8-13-15-16-17-18(13)10-6-7-10/h2-5,9-10H,6-8H2,1H3/t9-/m0/s1. The van der Waals surface area contributed by atoms with Gasteiger partial charge in [-0.25, -0.2) is 13.1 Å². The smallest absolute Gasteiger partial charge is 0.166 e. The molecule has 1 aliphatic rings. The fourth-order valence-electron chi connectivity index (χ4n) is 2.21. The minimum absolute atomic E-state index is 0.178. The molecule has 2 aromatic rings. The summed E-state index contributed by atoms with van der Waals surface area (Å²) in [6.07, 6.45) is 2.00. The lowest BCUT2D eigenvalue weighted by Crippen LogP contribution is -2.16. The number of hydrogen-bond donors (Lipinski definition) is 0. The molecular formula is C13H15ClN4O2S. The number of halogens is 1. The Morgan fingerprint density at radius 3 is 2.76 bits per heavy atom. The molecule has 1 aromatic heterocycles. The highest BCUT2D eigenvalue weighted by Gasteiger charge is 2.32. The van der Waals surface area contributed by atoms with Crippen LogP contribution in [0.4, 0.5) is 0 Å². The molecule has 6 nitrogen and oxygen atoms in total. The van der Waals surface area contributed by atoms with Crippen molar-refractivity contribution >= 4 is 21.4 Å². The van der Waals surface area contributed by atoms with Gasteiger partial charge >= 0.3 is 0 Å². The lowest BCUT2D eigenvalue weighted by atomic mass is 10.2. The summed E-state index contributed by atoms with van der Waals surface area (Å²) >= 11 is 6.09. The molecule has 1 saturated carbocycles. The highest BCUT2D eigenvalue weighted by Crippen LogP contribution is 2.35. The van der Waals surface area contributed by atoms with Crippen molar-refractivity contribution in [1.82, 2.24) is 20.2 Å². The van der Waals surface area contributed by atoms with Crippen LogP contribution in [0.2, 0.25) is 5.02 Å². The van der Waals surface area contributed by atoms with Crippen molar-refractivity contribution in [2.24, 2.45) is 0 Å². The summed E-state index contributed by atoms with van der Waals surface area (Å²) < 4.78 is 26.8. The predicted octanol–water partition coefficient (Wildman–Crippen LogP) is 2.34. The fraction of sp³-hybridized carbons (Fsp3) is 0.462. The monoisotopic (exact) mass is 326 g/mol. The van der Waals surface area contributed by atoms with Gasteiger partial charge in [-0.1, -0.05) is 29.8 Å². The Labute approximate surface area is 128 Å². The molecule has 0 bridgehead atoms. The molecule has 0 amide bonds. The Morgan fingerprint density at radius 2 is 2.10 bits per heavy atom. The Morgan fingerprint density at radius 1 is 1.38 bits per heavy atom. The van der Waals surface area contributed by atoms with Crippen LogP contribution in [0.3, 0.4) is 0 Å². The van der Waals surface area contributed by atoms with Crippen molar-refractivity contribution in [2.75, 3.05) is 0 Å². The number of benzene rings is 1. The van der Waals surface area contributed by atoms with Gasteiger partial charge in [0.25, 0.3) is 0 Å². The molecule has 8 heteroatoms. The summed E-state index contributed by atoms with van der Waals surface area (Å²) in [5.74, 6) is 0.222. The summed E-state index contributed by atoms with van der Waals surface area (Å²) in [6.45, 7) is 1.64. The molecule has 0 aliphatic heterocycles. The maximum Gasteiger partial charge on any atom is 0.166 e. The maximum atomic E-state index is 12.6. The zero-order chi connectivity index (χ0) is 15.0. The van der Waals surface area contributed by atoms with E-state index in [1.54, 1.807) is 35.9 Å². The van der Waals surface area contributed by atoms with Crippen LogP contribution in [-0.2, 0) is 15.6 Å².